The Morgan fingerprint density at radius 3 is 2.28 bits per heavy atom. The number of carbonyl (C=O) groups is 1. The molecular formula is C22H24ClN7O2. The van der Waals surface area contributed by atoms with Gasteiger partial charge in [-0.3, -0.25) is 14.5 Å². The van der Waals surface area contributed by atoms with Crippen LogP contribution in [0.5, 0.6) is 0 Å². The van der Waals surface area contributed by atoms with E-state index in [4.69, 9.17) is 22.1 Å². The van der Waals surface area contributed by atoms with Crippen LogP contribution < -0.4 is 10.5 Å². The largest absolute Gasteiger partial charge is 0.366 e. The van der Waals surface area contributed by atoms with Gasteiger partial charge in [-0.1, -0.05) is 29.8 Å². The summed E-state index contributed by atoms with van der Waals surface area (Å²) in [5, 5.41) is 22.0. The van der Waals surface area contributed by atoms with Crippen LogP contribution in [-0.2, 0) is 4.79 Å². The number of hydrogen-bond donors (Lipinski definition) is 0. The second kappa shape index (κ2) is 11.3. The van der Waals surface area contributed by atoms with Crippen molar-refractivity contribution in [2.75, 3.05) is 50.7 Å². The number of rotatable bonds is 8. The number of carbonyl (C=O) groups excluding carboxylic acids is 1. The van der Waals surface area contributed by atoms with Gasteiger partial charge in [0.25, 0.3) is 5.56 Å². The summed E-state index contributed by atoms with van der Waals surface area (Å²) in [4.78, 5) is 30.9. The smallest absolute Gasteiger partial charge is 0.292 e. The van der Waals surface area contributed by atoms with E-state index in [1.165, 1.54) is 4.68 Å². The zero-order valence-electron chi connectivity index (χ0n) is 17.7. The molecule has 166 valence electrons. The lowest BCUT2D eigenvalue weighted by molar-refractivity contribution is -0.132. The van der Waals surface area contributed by atoms with E-state index in [9.17, 15) is 9.59 Å². The molecule has 0 unspecified atom stereocenters. The summed E-state index contributed by atoms with van der Waals surface area (Å²) in [6.07, 6.45) is 2.08. The van der Waals surface area contributed by atoms with Crippen LogP contribution in [0.2, 0.25) is 5.02 Å². The highest BCUT2D eigenvalue weighted by molar-refractivity contribution is 6.33. The molecule has 1 saturated heterocycles. The maximum atomic E-state index is 12.7. The number of anilines is 1. The van der Waals surface area contributed by atoms with Crippen molar-refractivity contribution in [1.82, 2.24) is 19.6 Å². The average molecular weight is 454 g/mol. The molecule has 0 radical (unpaired) electrons. The molecule has 0 saturated carbocycles. The third kappa shape index (κ3) is 5.64. The average Bonchev–Trinajstić information content (AvgIpc) is 2.82. The van der Waals surface area contributed by atoms with Crippen LogP contribution in [0.15, 0.2) is 41.3 Å². The number of aromatic nitrogens is 2. The summed E-state index contributed by atoms with van der Waals surface area (Å²) in [6.45, 7) is 3.32. The van der Waals surface area contributed by atoms with Gasteiger partial charge in [-0.2, -0.15) is 20.3 Å². The molecule has 0 spiro atoms. The topological polar surface area (TPSA) is 109 Å². The second-order valence-electron chi connectivity index (χ2n) is 7.36. The lowest BCUT2D eigenvalue weighted by Crippen LogP contribution is -2.50. The monoisotopic (exact) mass is 453 g/mol. The van der Waals surface area contributed by atoms with E-state index in [-0.39, 0.29) is 35.9 Å². The first-order valence-electron chi connectivity index (χ1n) is 10.4. The molecule has 10 heteroatoms. The number of piperazine rings is 1. The van der Waals surface area contributed by atoms with Crippen LogP contribution in [0, 0.1) is 22.7 Å². The van der Waals surface area contributed by atoms with Gasteiger partial charge in [-0.05, 0) is 12.1 Å². The first-order chi connectivity index (χ1) is 15.5. The van der Waals surface area contributed by atoms with E-state index in [1.807, 2.05) is 40.1 Å². The summed E-state index contributed by atoms with van der Waals surface area (Å²) in [6, 6.07) is 13.2. The van der Waals surface area contributed by atoms with E-state index in [0.29, 0.717) is 50.6 Å². The maximum absolute atomic E-state index is 12.7. The molecule has 32 heavy (non-hydrogen) atoms. The van der Waals surface area contributed by atoms with Crippen LogP contribution in [0.4, 0.5) is 5.69 Å². The SMILES string of the molecule is N#CCCN(CCC#N)C(=O)CN1CCN(c2cnn(-c3ccccc3)c(=O)c2Cl)CC1. The summed E-state index contributed by atoms with van der Waals surface area (Å²) in [5.74, 6) is -0.0888. The Balaban J connectivity index is 1.61. The third-order valence-corrected chi connectivity index (χ3v) is 5.67. The highest BCUT2D eigenvalue weighted by Crippen LogP contribution is 2.23. The maximum Gasteiger partial charge on any atom is 0.292 e. The molecule has 3 rings (SSSR count). The minimum Gasteiger partial charge on any atom is -0.366 e. The number of hydrogen-bond acceptors (Lipinski definition) is 7. The van der Waals surface area contributed by atoms with Crippen molar-refractivity contribution in [3.63, 3.8) is 0 Å². The van der Waals surface area contributed by atoms with Crippen molar-refractivity contribution >= 4 is 23.2 Å². The molecule has 1 aromatic heterocycles. The molecule has 0 atom stereocenters. The second-order valence-corrected chi connectivity index (χ2v) is 7.73. The van der Waals surface area contributed by atoms with Gasteiger partial charge in [0.2, 0.25) is 5.91 Å². The minimum absolute atomic E-state index is 0.0888. The quantitative estimate of drug-likeness (QED) is 0.597. The lowest BCUT2D eigenvalue weighted by Gasteiger charge is -2.36. The Bertz CT molecular complexity index is 1050. The van der Waals surface area contributed by atoms with E-state index in [2.05, 4.69) is 5.10 Å². The van der Waals surface area contributed by atoms with E-state index < -0.39 is 0 Å². The molecular weight excluding hydrogens is 430 g/mol. The highest BCUT2D eigenvalue weighted by atomic mass is 35.5. The van der Waals surface area contributed by atoms with Gasteiger partial charge < -0.3 is 9.80 Å². The van der Waals surface area contributed by atoms with Crippen LogP contribution >= 0.6 is 11.6 Å². The fourth-order valence-corrected chi connectivity index (χ4v) is 3.82. The molecule has 1 aliphatic heterocycles. The molecule has 2 aromatic rings. The Morgan fingerprint density at radius 2 is 1.69 bits per heavy atom. The van der Waals surface area contributed by atoms with Crippen LogP contribution in [0.1, 0.15) is 12.8 Å². The minimum atomic E-state index is -0.376. The zero-order chi connectivity index (χ0) is 22.9. The zero-order valence-corrected chi connectivity index (χ0v) is 18.4. The lowest BCUT2D eigenvalue weighted by atomic mass is 10.2. The first-order valence-corrected chi connectivity index (χ1v) is 10.7. The van der Waals surface area contributed by atoms with Crippen molar-refractivity contribution in [2.24, 2.45) is 0 Å². The number of para-hydroxylation sites is 1. The predicted molar refractivity (Wildman–Crippen MR) is 121 cm³/mol. The van der Waals surface area contributed by atoms with Gasteiger partial charge in [-0.15, -0.1) is 0 Å². The number of amides is 1. The van der Waals surface area contributed by atoms with Crippen molar-refractivity contribution < 1.29 is 4.79 Å². The van der Waals surface area contributed by atoms with Gasteiger partial charge in [0, 0.05) is 39.3 Å². The molecule has 2 heterocycles. The van der Waals surface area contributed by atoms with Crippen LogP contribution in [0.25, 0.3) is 5.69 Å². The standard InChI is InChI=1S/C22H24ClN7O2/c23-21-19(16-26-30(22(21)32)18-6-2-1-3-7-18)28-14-12-27(13-15-28)17-20(31)29(10-4-8-24)11-5-9-25/h1-3,6-7,16H,4-5,10-15,17H2. The van der Waals surface area contributed by atoms with E-state index >= 15 is 0 Å². The highest BCUT2D eigenvalue weighted by Gasteiger charge is 2.24. The molecule has 1 amide bonds. The van der Waals surface area contributed by atoms with E-state index in [0.717, 1.165) is 0 Å². The fraction of sp³-hybridized carbons (Fsp3) is 0.409. The van der Waals surface area contributed by atoms with Crippen molar-refractivity contribution in [3.05, 3.63) is 51.9 Å². The summed E-state index contributed by atoms with van der Waals surface area (Å²) >= 11 is 6.40. The van der Waals surface area contributed by atoms with Crippen LogP contribution in [0.3, 0.4) is 0 Å². The Kier molecular flexibility index (Phi) is 8.20. The number of nitriles is 2. The first kappa shape index (κ1) is 23.3. The number of benzene rings is 1. The molecule has 0 aliphatic carbocycles. The normalized spacial score (nSPS) is 13.9. The van der Waals surface area contributed by atoms with Crippen molar-refractivity contribution in [3.8, 4) is 17.8 Å². The van der Waals surface area contributed by atoms with E-state index in [1.54, 1.807) is 23.2 Å². The van der Waals surface area contributed by atoms with Crippen molar-refractivity contribution in [2.45, 2.75) is 12.8 Å². The van der Waals surface area contributed by atoms with Crippen molar-refractivity contribution in [1.29, 1.82) is 10.5 Å². The summed E-state index contributed by atoms with van der Waals surface area (Å²) in [5.41, 5.74) is 0.852. The van der Waals surface area contributed by atoms with Gasteiger partial charge >= 0.3 is 0 Å². The molecule has 1 aliphatic rings. The van der Waals surface area contributed by atoms with Gasteiger partial charge in [0.15, 0.2) is 0 Å². The third-order valence-electron chi connectivity index (χ3n) is 5.31. The summed E-state index contributed by atoms with van der Waals surface area (Å²) < 4.78 is 1.28. The van der Waals surface area contributed by atoms with Gasteiger partial charge in [-0.25, -0.2) is 0 Å². The number of halogens is 1. The molecule has 1 fully saturated rings. The fourth-order valence-electron chi connectivity index (χ4n) is 3.57. The number of nitrogens with zero attached hydrogens (tertiary/aromatic N) is 7. The Morgan fingerprint density at radius 1 is 1.06 bits per heavy atom. The molecule has 0 bridgehead atoms. The Labute approximate surface area is 191 Å². The van der Waals surface area contributed by atoms with Gasteiger partial charge in [0.05, 0.1) is 49.1 Å². The molecule has 0 N–H and O–H groups in total. The van der Waals surface area contributed by atoms with Crippen LogP contribution in [-0.4, -0.2) is 71.3 Å². The molecule has 9 nitrogen and oxygen atoms in total. The molecule has 1 aromatic carbocycles. The Hall–Kier alpha value is -3.40. The van der Waals surface area contributed by atoms with Gasteiger partial charge in [0.1, 0.15) is 5.02 Å². The summed E-state index contributed by atoms with van der Waals surface area (Å²) in [7, 11) is 0. The predicted octanol–water partition coefficient (Wildman–Crippen LogP) is 1.66.